The van der Waals surface area contributed by atoms with Crippen molar-refractivity contribution in [2.75, 3.05) is 0 Å². The van der Waals surface area contributed by atoms with E-state index < -0.39 is 0 Å². The lowest BCUT2D eigenvalue weighted by Gasteiger charge is -2.16. The zero-order chi connectivity index (χ0) is 24.2. The number of aromatic nitrogens is 3. The quantitative estimate of drug-likeness (QED) is 0.289. The van der Waals surface area contributed by atoms with Crippen molar-refractivity contribution < 1.29 is 9.59 Å². The summed E-state index contributed by atoms with van der Waals surface area (Å²) in [5.74, 6) is 1.48. The van der Waals surface area contributed by atoms with Crippen LogP contribution in [-0.4, -0.2) is 26.5 Å². The van der Waals surface area contributed by atoms with Crippen LogP contribution < -0.4 is 0 Å². The zero-order valence-electron chi connectivity index (χ0n) is 21.2. The first kappa shape index (κ1) is 26.2. The first-order chi connectivity index (χ1) is 16.5. The Balaban J connectivity index is 1.39. The van der Waals surface area contributed by atoms with Crippen LogP contribution >= 0.6 is 0 Å². The second-order valence-electron chi connectivity index (χ2n) is 10.0. The van der Waals surface area contributed by atoms with Crippen molar-refractivity contribution in [1.29, 1.82) is 0 Å². The molecule has 2 heterocycles. The minimum atomic E-state index is 0.201. The van der Waals surface area contributed by atoms with E-state index in [1.54, 1.807) is 13.8 Å². The Morgan fingerprint density at radius 3 is 2.35 bits per heavy atom. The number of nitrogens with zero attached hydrogens (tertiary/aromatic N) is 3. The number of rotatable bonds is 15. The predicted octanol–water partition coefficient (Wildman–Crippen LogP) is 6.31. The molecule has 5 heteroatoms. The van der Waals surface area contributed by atoms with E-state index in [-0.39, 0.29) is 17.5 Å². The predicted molar refractivity (Wildman–Crippen MR) is 136 cm³/mol. The van der Waals surface area contributed by atoms with Gasteiger partial charge in [0, 0.05) is 43.0 Å². The summed E-state index contributed by atoms with van der Waals surface area (Å²) in [5.41, 5.74) is 5.10. The second kappa shape index (κ2) is 14.1. The molecule has 0 aliphatic heterocycles. The molecule has 0 saturated heterocycles. The Labute approximate surface area is 205 Å². The number of hydrogen-bond donors (Lipinski definition) is 0. The van der Waals surface area contributed by atoms with E-state index in [0.717, 1.165) is 56.3 Å². The van der Waals surface area contributed by atoms with Crippen LogP contribution in [-0.2, 0) is 35.3 Å². The van der Waals surface area contributed by atoms with Crippen molar-refractivity contribution in [3.8, 4) is 0 Å². The van der Waals surface area contributed by atoms with Crippen molar-refractivity contribution in [3.05, 3.63) is 52.9 Å². The van der Waals surface area contributed by atoms with Crippen LogP contribution in [0.4, 0.5) is 0 Å². The number of aryl methyl sites for hydroxylation is 4. The summed E-state index contributed by atoms with van der Waals surface area (Å²) in [6.45, 7) is 3.30. The van der Waals surface area contributed by atoms with Gasteiger partial charge in [-0.15, -0.1) is 0 Å². The zero-order valence-corrected chi connectivity index (χ0v) is 21.2. The average molecular weight is 464 g/mol. The van der Waals surface area contributed by atoms with Gasteiger partial charge in [-0.25, -0.2) is 9.97 Å². The third-order valence-corrected chi connectivity index (χ3v) is 6.88. The molecule has 1 aliphatic rings. The average Bonchev–Trinajstić information content (AvgIpc) is 2.83. The van der Waals surface area contributed by atoms with Gasteiger partial charge >= 0.3 is 0 Å². The van der Waals surface area contributed by atoms with Gasteiger partial charge in [0.25, 0.3) is 0 Å². The normalized spacial score (nSPS) is 13.9. The fraction of sp³-hybridized carbons (Fsp3) is 0.621. The third kappa shape index (κ3) is 9.08. The molecule has 1 atom stereocenters. The molecule has 0 spiro atoms. The molecular weight excluding hydrogens is 422 g/mol. The Bertz CT molecular complexity index is 923. The summed E-state index contributed by atoms with van der Waals surface area (Å²) in [5, 5.41) is 0. The van der Waals surface area contributed by atoms with Crippen LogP contribution in [0.15, 0.2) is 24.5 Å². The molecule has 34 heavy (non-hydrogen) atoms. The summed E-state index contributed by atoms with van der Waals surface area (Å²) in [7, 11) is 0. The molecule has 0 fully saturated rings. The van der Waals surface area contributed by atoms with E-state index in [2.05, 4.69) is 22.1 Å². The summed E-state index contributed by atoms with van der Waals surface area (Å²) >= 11 is 0. The van der Waals surface area contributed by atoms with E-state index >= 15 is 0 Å². The monoisotopic (exact) mass is 463 g/mol. The van der Waals surface area contributed by atoms with Gasteiger partial charge < -0.3 is 9.59 Å². The van der Waals surface area contributed by atoms with Crippen molar-refractivity contribution in [1.82, 2.24) is 15.0 Å². The standard InChI is InChI=1S/C29H41N3O2/c1-22(33)11-7-10-16-29-30-20-26(21-31-29)25(19-23(2)34)13-5-3-4-6-14-27-18-17-24-12-8-9-15-28(24)32-27/h17-18,20-21,25H,3-16,19H2,1-2H3/t25-/m0/s1. The maximum atomic E-state index is 11.8. The molecule has 0 saturated carbocycles. The lowest BCUT2D eigenvalue weighted by molar-refractivity contribution is -0.118. The summed E-state index contributed by atoms with van der Waals surface area (Å²) in [6, 6.07) is 4.52. The fourth-order valence-electron chi connectivity index (χ4n) is 4.91. The first-order valence-corrected chi connectivity index (χ1v) is 13.3. The van der Waals surface area contributed by atoms with Gasteiger partial charge in [-0.1, -0.05) is 25.3 Å². The topological polar surface area (TPSA) is 72.8 Å². The Hall–Kier alpha value is -2.43. The SMILES string of the molecule is CC(=O)CCCCc1ncc([C@@H](CCCCCCc2ccc3c(n2)CCCC3)CC(C)=O)cn1. The van der Waals surface area contributed by atoms with Crippen LogP contribution in [0.1, 0.15) is 119 Å². The molecule has 0 unspecified atom stereocenters. The molecule has 184 valence electrons. The van der Waals surface area contributed by atoms with Crippen LogP contribution in [0.25, 0.3) is 0 Å². The highest BCUT2D eigenvalue weighted by Crippen LogP contribution is 2.26. The molecule has 0 amide bonds. The van der Waals surface area contributed by atoms with E-state index in [1.165, 1.54) is 55.5 Å². The first-order valence-electron chi connectivity index (χ1n) is 13.3. The largest absolute Gasteiger partial charge is 0.300 e. The second-order valence-corrected chi connectivity index (χ2v) is 10.0. The number of unbranched alkanes of at least 4 members (excludes halogenated alkanes) is 4. The fourth-order valence-corrected chi connectivity index (χ4v) is 4.91. The summed E-state index contributed by atoms with van der Waals surface area (Å²) in [6.07, 6.45) is 19.2. The highest BCUT2D eigenvalue weighted by molar-refractivity contribution is 5.76. The minimum absolute atomic E-state index is 0.201. The number of Topliss-reactive ketones (excluding diaryl/α,β-unsaturated/α-hetero) is 2. The van der Waals surface area contributed by atoms with Gasteiger partial charge in [-0.2, -0.15) is 0 Å². The van der Waals surface area contributed by atoms with Crippen LogP contribution in [0.2, 0.25) is 0 Å². The van der Waals surface area contributed by atoms with Crippen molar-refractivity contribution in [2.45, 2.75) is 116 Å². The van der Waals surface area contributed by atoms with Gasteiger partial charge in [-0.05, 0) is 94.7 Å². The minimum Gasteiger partial charge on any atom is -0.300 e. The van der Waals surface area contributed by atoms with E-state index in [1.807, 2.05) is 12.4 Å². The third-order valence-electron chi connectivity index (χ3n) is 6.88. The van der Waals surface area contributed by atoms with E-state index in [0.29, 0.717) is 12.8 Å². The Morgan fingerprint density at radius 1 is 0.853 bits per heavy atom. The number of fused-ring (bicyclic) bond motifs is 1. The highest BCUT2D eigenvalue weighted by Gasteiger charge is 2.15. The molecular formula is C29H41N3O2. The molecule has 1 aliphatic carbocycles. The van der Waals surface area contributed by atoms with Gasteiger partial charge in [0.1, 0.15) is 17.4 Å². The molecule has 2 aromatic rings. The van der Waals surface area contributed by atoms with E-state index in [9.17, 15) is 9.59 Å². The lowest BCUT2D eigenvalue weighted by Crippen LogP contribution is -2.07. The van der Waals surface area contributed by atoms with Gasteiger partial charge in [0.05, 0.1) is 0 Å². The number of ketones is 2. The molecule has 0 N–H and O–H groups in total. The van der Waals surface area contributed by atoms with E-state index in [4.69, 9.17) is 4.98 Å². The molecule has 3 rings (SSSR count). The Morgan fingerprint density at radius 2 is 1.59 bits per heavy atom. The maximum absolute atomic E-state index is 11.8. The molecule has 0 radical (unpaired) electrons. The molecule has 0 aromatic carbocycles. The van der Waals surface area contributed by atoms with Crippen molar-refractivity contribution in [2.24, 2.45) is 0 Å². The number of carbonyl (C=O) groups excluding carboxylic acids is 2. The van der Waals surface area contributed by atoms with Crippen molar-refractivity contribution in [3.63, 3.8) is 0 Å². The van der Waals surface area contributed by atoms with Crippen LogP contribution in [0.3, 0.4) is 0 Å². The number of carbonyl (C=O) groups is 2. The lowest BCUT2D eigenvalue weighted by atomic mass is 9.90. The molecule has 5 nitrogen and oxygen atoms in total. The van der Waals surface area contributed by atoms with Gasteiger partial charge in [0.2, 0.25) is 0 Å². The molecule has 2 aromatic heterocycles. The van der Waals surface area contributed by atoms with Crippen LogP contribution in [0, 0.1) is 0 Å². The maximum Gasteiger partial charge on any atom is 0.130 e. The summed E-state index contributed by atoms with van der Waals surface area (Å²) in [4.78, 5) is 36.9. The summed E-state index contributed by atoms with van der Waals surface area (Å²) < 4.78 is 0. The number of pyridine rings is 1. The Kier molecular flexibility index (Phi) is 10.8. The number of hydrogen-bond acceptors (Lipinski definition) is 5. The van der Waals surface area contributed by atoms with Gasteiger partial charge in [-0.3, -0.25) is 4.98 Å². The molecule has 0 bridgehead atoms. The van der Waals surface area contributed by atoms with Gasteiger partial charge in [0.15, 0.2) is 0 Å². The van der Waals surface area contributed by atoms with Crippen LogP contribution in [0.5, 0.6) is 0 Å². The van der Waals surface area contributed by atoms with Crippen molar-refractivity contribution >= 4 is 11.6 Å². The highest BCUT2D eigenvalue weighted by atomic mass is 16.1. The smallest absolute Gasteiger partial charge is 0.130 e.